The predicted molar refractivity (Wildman–Crippen MR) is 182 cm³/mol. The van der Waals surface area contributed by atoms with Crippen molar-refractivity contribution in [1.82, 2.24) is 4.90 Å². The topological polar surface area (TPSA) is 57.3 Å². The Morgan fingerprint density at radius 2 is 1.44 bits per heavy atom. The van der Waals surface area contributed by atoms with Gasteiger partial charge in [0.15, 0.2) is 0 Å². The van der Waals surface area contributed by atoms with Crippen molar-refractivity contribution < 1.29 is 9.59 Å². The number of benzene rings is 1. The molecule has 0 fully saturated rings. The van der Waals surface area contributed by atoms with Crippen LogP contribution in [-0.2, 0) is 9.59 Å². The second-order valence-corrected chi connectivity index (χ2v) is 12.6. The van der Waals surface area contributed by atoms with Gasteiger partial charge in [-0.25, -0.2) is 9.84 Å². The molecule has 0 bridgehead atoms. The van der Waals surface area contributed by atoms with Gasteiger partial charge in [0.1, 0.15) is 5.71 Å². The summed E-state index contributed by atoms with van der Waals surface area (Å²) >= 11 is 0. The Bertz CT molecular complexity index is 1160. The highest BCUT2D eigenvalue weighted by molar-refractivity contribution is 6.51. The van der Waals surface area contributed by atoms with E-state index in [0.29, 0.717) is 35.9 Å². The van der Waals surface area contributed by atoms with E-state index >= 15 is 0 Å². The van der Waals surface area contributed by atoms with E-state index in [2.05, 4.69) is 56.5 Å². The minimum atomic E-state index is -0.492. The first kappa shape index (κ1) is 36.3. The van der Waals surface area contributed by atoms with Gasteiger partial charge in [-0.2, -0.15) is 0 Å². The molecule has 0 aliphatic carbocycles. The van der Waals surface area contributed by atoms with Gasteiger partial charge in [-0.15, -0.1) is 0 Å². The van der Waals surface area contributed by atoms with Gasteiger partial charge >= 0.3 is 0 Å². The van der Waals surface area contributed by atoms with Crippen molar-refractivity contribution in [2.75, 3.05) is 18.0 Å². The van der Waals surface area contributed by atoms with Gasteiger partial charge in [0, 0.05) is 24.8 Å². The Balaban J connectivity index is 2.61. The molecule has 0 N–H and O–H groups in total. The molecule has 4 unspecified atom stereocenters. The highest BCUT2D eigenvalue weighted by atomic mass is 16.2. The maximum Gasteiger partial charge on any atom is 0.277 e. The Hall–Kier alpha value is -2.94. The number of nitrogens with zero attached hydrogens (tertiary/aromatic N) is 4. The maximum atomic E-state index is 13.8. The lowest BCUT2D eigenvalue weighted by molar-refractivity contribution is -0.141. The van der Waals surface area contributed by atoms with Gasteiger partial charge < -0.3 is 4.90 Å². The molecule has 1 heterocycles. The molecule has 1 aromatic carbocycles. The number of hydrogen-bond donors (Lipinski definition) is 0. The molecule has 0 radical (unpaired) electrons. The molecule has 1 aromatic rings. The Morgan fingerprint density at radius 1 is 0.860 bits per heavy atom. The summed E-state index contributed by atoms with van der Waals surface area (Å²) in [5.41, 5.74) is 3.67. The normalized spacial score (nSPS) is 17.7. The van der Waals surface area contributed by atoms with Crippen LogP contribution in [0.1, 0.15) is 125 Å². The van der Waals surface area contributed by atoms with Crippen LogP contribution in [-0.4, -0.2) is 41.6 Å². The van der Waals surface area contributed by atoms with E-state index in [1.54, 1.807) is 0 Å². The van der Waals surface area contributed by atoms with Crippen molar-refractivity contribution in [3.63, 3.8) is 0 Å². The molecule has 238 valence electrons. The van der Waals surface area contributed by atoms with Gasteiger partial charge in [0.05, 0.1) is 12.3 Å². The van der Waals surface area contributed by atoms with Crippen LogP contribution in [0.15, 0.2) is 34.5 Å². The van der Waals surface area contributed by atoms with Crippen LogP contribution in [0.2, 0.25) is 0 Å². The van der Waals surface area contributed by atoms with Crippen LogP contribution >= 0.6 is 0 Å². The summed E-state index contributed by atoms with van der Waals surface area (Å²) in [5, 5.41) is 0. The average molecular weight is 591 g/mol. The second-order valence-electron chi connectivity index (χ2n) is 12.6. The van der Waals surface area contributed by atoms with Crippen LogP contribution < -0.4 is 4.90 Å². The van der Waals surface area contributed by atoms with Crippen molar-refractivity contribution in [2.45, 2.75) is 133 Å². The van der Waals surface area contributed by atoms with Crippen LogP contribution in [0.3, 0.4) is 0 Å². The molecule has 0 saturated carbocycles. The summed E-state index contributed by atoms with van der Waals surface area (Å²) < 4.78 is 0. The van der Waals surface area contributed by atoms with Crippen molar-refractivity contribution in [1.29, 1.82) is 0 Å². The third-order valence-corrected chi connectivity index (χ3v) is 9.42. The lowest BCUT2D eigenvalue weighted by Crippen LogP contribution is -2.51. The van der Waals surface area contributed by atoms with E-state index < -0.39 is 11.8 Å². The van der Waals surface area contributed by atoms with Crippen LogP contribution in [0.4, 0.5) is 11.4 Å². The highest BCUT2D eigenvalue weighted by Gasteiger charge is 2.41. The van der Waals surface area contributed by atoms with E-state index in [4.69, 9.17) is 11.6 Å². The third kappa shape index (κ3) is 9.27. The minimum absolute atomic E-state index is 0.0313. The fraction of sp³-hybridized carbons (Fsp3) is 0.676. The highest BCUT2D eigenvalue weighted by Crippen LogP contribution is 2.33. The molecular weight excluding hydrogens is 532 g/mol. The summed E-state index contributed by atoms with van der Waals surface area (Å²) in [7, 11) is 0. The molecule has 6 heteroatoms. The summed E-state index contributed by atoms with van der Waals surface area (Å²) in [6, 6.07) is 6.08. The molecule has 0 spiro atoms. The first-order valence-electron chi connectivity index (χ1n) is 17.1. The van der Waals surface area contributed by atoms with Gasteiger partial charge in [-0.1, -0.05) is 93.4 Å². The summed E-state index contributed by atoms with van der Waals surface area (Å²) in [6.45, 7) is 28.9. The van der Waals surface area contributed by atoms with Gasteiger partial charge in [-0.05, 0) is 80.2 Å². The minimum Gasteiger partial charge on any atom is -0.371 e. The molecular formula is C37H58N4O2. The molecule has 43 heavy (non-hydrogen) atoms. The number of hydrogen-bond acceptors (Lipinski definition) is 4. The maximum absolute atomic E-state index is 13.8. The van der Waals surface area contributed by atoms with E-state index in [9.17, 15) is 9.59 Å². The second kappa shape index (κ2) is 18.0. The number of carbonyl (C=O) groups excluding carboxylic acids is 2. The summed E-state index contributed by atoms with van der Waals surface area (Å²) in [4.78, 5) is 39.6. The Kier molecular flexibility index (Phi) is 15.2. The van der Waals surface area contributed by atoms with Crippen molar-refractivity contribution in [3.8, 4) is 0 Å². The van der Waals surface area contributed by atoms with E-state index in [-0.39, 0.29) is 23.4 Å². The smallest absolute Gasteiger partial charge is 0.277 e. The molecule has 2 amide bonds. The molecule has 1 aliphatic rings. The fourth-order valence-corrected chi connectivity index (χ4v) is 5.96. The first-order chi connectivity index (χ1) is 20.6. The molecule has 1 aliphatic heterocycles. The Morgan fingerprint density at radius 3 is 1.88 bits per heavy atom. The number of rotatable bonds is 18. The van der Waals surface area contributed by atoms with E-state index in [1.807, 2.05) is 33.8 Å². The zero-order chi connectivity index (χ0) is 32.1. The Labute approximate surface area is 262 Å². The van der Waals surface area contributed by atoms with Crippen molar-refractivity contribution in [2.24, 2.45) is 22.7 Å². The molecule has 0 aromatic heterocycles. The standard InChI is InChI=1S/C37H58N4O2/c1-11-17-19-29(15-5)24-40(25-30(16-6)20-18-12-2)31-21-22-32(27(8)23-31)39-35-33(26(7)13-3)34(38-10)36(42)41(37(35)43)28(9)14-4/h21-23,26,28-30H,11-20,24-25H2,1-9H3. The number of amides is 2. The largest absolute Gasteiger partial charge is 0.371 e. The first-order valence-corrected chi connectivity index (χ1v) is 17.1. The SMILES string of the molecule is [C-]#[N+]C1=C(C(C)CC)C(=Nc2ccc(N(CC(CC)CCCC)CC(CC)CCCC)cc2C)C(=O)N(C(C)CC)C1=O. The number of anilines is 1. The fourth-order valence-electron chi connectivity index (χ4n) is 5.96. The monoisotopic (exact) mass is 590 g/mol. The number of carbonyl (C=O) groups is 2. The van der Waals surface area contributed by atoms with Gasteiger partial charge in [0.25, 0.3) is 17.5 Å². The lowest BCUT2D eigenvalue weighted by Gasteiger charge is -2.34. The quantitative estimate of drug-likeness (QED) is 0.126. The molecule has 0 saturated heterocycles. The number of aliphatic imine (C=N–C) groups is 1. The van der Waals surface area contributed by atoms with Crippen LogP contribution in [0.25, 0.3) is 4.85 Å². The average Bonchev–Trinajstić information content (AvgIpc) is 3.01. The molecule has 2 rings (SSSR count). The van der Waals surface area contributed by atoms with Gasteiger partial charge in [0.2, 0.25) is 0 Å². The van der Waals surface area contributed by atoms with E-state index in [1.165, 1.54) is 62.0 Å². The van der Waals surface area contributed by atoms with Crippen LogP contribution in [0.5, 0.6) is 0 Å². The summed E-state index contributed by atoms with van der Waals surface area (Å²) in [5.74, 6) is 0.295. The third-order valence-electron chi connectivity index (χ3n) is 9.42. The molecule has 6 nitrogen and oxygen atoms in total. The number of aryl methyl sites for hydroxylation is 1. The zero-order valence-corrected chi connectivity index (χ0v) is 28.6. The lowest BCUT2D eigenvalue weighted by atomic mass is 9.88. The number of imide groups is 1. The van der Waals surface area contributed by atoms with Crippen LogP contribution in [0, 0.1) is 31.2 Å². The predicted octanol–water partition coefficient (Wildman–Crippen LogP) is 9.69. The van der Waals surface area contributed by atoms with Crippen molar-refractivity contribution in [3.05, 3.63) is 46.4 Å². The van der Waals surface area contributed by atoms with E-state index in [0.717, 1.165) is 18.7 Å². The van der Waals surface area contributed by atoms with Crippen molar-refractivity contribution >= 4 is 28.9 Å². The molecule has 4 atom stereocenters. The summed E-state index contributed by atoms with van der Waals surface area (Å²) in [6.07, 6.45) is 11.1. The number of unbranched alkanes of at least 4 members (excludes halogenated alkanes) is 2. The zero-order valence-electron chi connectivity index (χ0n) is 28.6. The van der Waals surface area contributed by atoms with Gasteiger partial charge in [-0.3, -0.25) is 14.5 Å².